The Morgan fingerprint density at radius 2 is 2.15 bits per heavy atom. The molecule has 70 valence electrons. The third-order valence-electron chi connectivity index (χ3n) is 2.06. The number of hydrogen-bond acceptors (Lipinski definition) is 2. The van der Waals surface area contributed by atoms with Crippen molar-refractivity contribution in [2.24, 2.45) is 0 Å². The molecule has 13 heavy (non-hydrogen) atoms. The van der Waals surface area contributed by atoms with Crippen LogP contribution in [0.3, 0.4) is 0 Å². The van der Waals surface area contributed by atoms with Crippen molar-refractivity contribution in [1.82, 2.24) is 0 Å². The number of aryl methyl sites for hydroxylation is 1. The second-order valence-electron chi connectivity index (χ2n) is 2.96. The summed E-state index contributed by atoms with van der Waals surface area (Å²) in [4.78, 5) is 11.4. The highest BCUT2D eigenvalue weighted by molar-refractivity contribution is 5.97. The number of rotatable bonds is 3. The fraction of sp³-hybridized carbons (Fsp3) is 0.364. The molecular weight excluding hydrogens is 164 g/mol. The van der Waals surface area contributed by atoms with Crippen molar-refractivity contribution < 1.29 is 9.53 Å². The number of ether oxygens (including phenoxy) is 1. The molecule has 2 nitrogen and oxygen atoms in total. The van der Waals surface area contributed by atoms with Crippen molar-refractivity contribution in [3.8, 4) is 5.75 Å². The van der Waals surface area contributed by atoms with Gasteiger partial charge in [-0.1, -0.05) is 6.92 Å². The predicted molar refractivity (Wildman–Crippen MR) is 52.4 cm³/mol. The second-order valence-corrected chi connectivity index (χ2v) is 2.96. The van der Waals surface area contributed by atoms with Crippen LogP contribution < -0.4 is 4.74 Å². The number of Topliss-reactive ketones (excluding diaryl/α,β-unsaturated/α-hetero) is 1. The standard InChI is InChI=1S/C11H14O2/c1-4-11(12)10-6-5-9(13-3)7-8(10)2/h5-7H,4H2,1-3H3. The molecule has 0 saturated carbocycles. The molecule has 1 aromatic rings. The summed E-state index contributed by atoms with van der Waals surface area (Å²) in [7, 11) is 1.62. The lowest BCUT2D eigenvalue weighted by molar-refractivity contribution is 0.0987. The number of carbonyl (C=O) groups excluding carboxylic acids is 1. The van der Waals surface area contributed by atoms with Gasteiger partial charge in [-0.05, 0) is 30.7 Å². The van der Waals surface area contributed by atoms with Gasteiger partial charge in [0.15, 0.2) is 5.78 Å². The van der Waals surface area contributed by atoms with Crippen LogP contribution in [0, 0.1) is 6.92 Å². The first kappa shape index (κ1) is 9.78. The number of hydrogen-bond donors (Lipinski definition) is 0. The molecule has 0 saturated heterocycles. The minimum atomic E-state index is 0.181. The van der Waals surface area contributed by atoms with Gasteiger partial charge in [0, 0.05) is 12.0 Å². The zero-order valence-corrected chi connectivity index (χ0v) is 8.26. The van der Waals surface area contributed by atoms with E-state index in [0.717, 1.165) is 16.9 Å². The highest BCUT2D eigenvalue weighted by Crippen LogP contribution is 2.17. The average molecular weight is 178 g/mol. The van der Waals surface area contributed by atoms with E-state index in [1.165, 1.54) is 0 Å². The third kappa shape index (κ3) is 2.08. The summed E-state index contributed by atoms with van der Waals surface area (Å²) in [5.41, 5.74) is 1.77. The Morgan fingerprint density at radius 1 is 1.46 bits per heavy atom. The maximum absolute atomic E-state index is 11.4. The summed E-state index contributed by atoms with van der Waals surface area (Å²) in [5.74, 6) is 0.977. The van der Waals surface area contributed by atoms with Crippen molar-refractivity contribution in [1.29, 1.82) is 0 Å². The molecule has 1 rings (SSSR count). The summed E-state index contributed by atoms with van der Waals surface area (Å²) in [6.45, 7) is 3.79. The summed E-state index contributed by atoms with van der Waals surface area (Å²) >= 11 is 0. The largest absolute Gasteiger partial charge is 0.497 e. The molecule has 0 N–H and O–H groups in total. The van der Waals surface area contributed by atoms with E-state index in [1.54, 1.807) is 7.11 Å². The van der Waals surface area contributed by atoms with Crippen LogP contribution in [0.15, 0.2) is 18.2 Å². The maximum atomic E-state index is 11.4. The highest BCUT2D eigenvalue weighted by Gasteiger charge is 2.06. The third-order valence-corrected chi connectivity index (χ3v) is 2.06. The Labute approximate surface area is 78.5 Å². The molecule has 0 spiro atoms. The van der Waals surface area contributed by atoms with E-state index in [9.17, 15) is 4.79 Å². The van der Waals surface area contributed by atoms with Gasteiger partial charge in [0.05, 0.1) is 7.11 Å². The van der Waals surface area contributed by atoms with E-state index in [2.05, 4.69) is 0 Å². The van der Waals surface area contributed by atoms with Crippen LogP contribution in [-0.4, -0.2) is 12.9 Å². The van der Waals surface area contributed by atoms with Crippen molar-refractivity contribution in [2.45, 2.75) is 20.3 Å². The number of ketones is 1. The molecular formula is C11H14O2. The van der Waals surface area contributed by atoms with Gasteiger partial charge < -0.3 is 4.74 Å². The van der Waals surface area contributed by atoms with Crippen LogP contribution >= 0.6 is 0 Å². The van der Waals surface area contributed by atoms with Crippen LogP contribution in [0.25, 0.3) is 0 Å². The average Bonchev–Trinajstić information content (AvgIpc) is 2.16. The van der Waals surface area contributed by atoms with Crippen molar-refractivity contribution >= 4 is 5.78 Å². The maximum Gasteiger partial charge on any atom is 0.162 e. The quantitative estimate of drug-likeness (QED) is 0.665. The van der Waals surface area contributed by atoms with Gasteiger partial charge in [0.25, 0.3) is 0 Å². The number of carbonyl (C=O) groups is 1. The van der Waals surface area contributed by atoms with Crippen LogP contribution in [0.5, 0.6) is 5.75 Å². The molecule has 0 amide bonds. The molecule has 2 heteroatoms. The second kappa shape index (κ2) is 4.08. The van der Waals surface area contributed by atoms with E-state index in [4.69, 9.17) is 4.74 Å². The molecule has 0 fully saturated rings. The fourth-order valence-corrected chi connectivity index (χ4v) is 1.27. The highest BCUT2D eigenvalue weighted by atomic mass is 16.5. The molecule has 0 unspecified atom stereocenters. The molecule has 0 radical (unpaired) electrons. The van der Waals surface area contributed by atoms with Crippen molar-refractivity contribution in [2.75, 3.05) is 7.11 Å². The van der Waals surface area contributed by atoms with Gasteiger partial charge in [0.1, 0.15) is 5.75 Å². The minimum absolute atomic E-state index is 0.181. The molecule has 0 aliphatic heterocycles. The van der Waals surface area contributed by atoms with Crippen LogP contribution in [0.1, 0.15) is 29.3 Å². The Balaban J connectivity index is 3.05. The van der Waals surface area contributed by atoms with Gasteiger partial charge in [-0.3, -0.25) is 4.79 Å². The minimum Gasteiger partial charge on any atom is -0.497 e. The van der Waals surface area contributed by atoms with Crippen molar-refractivity contribution in [3.63, 3.8) is 0 Å². The molecule has 1 aromatic carbocycles. The number of benzene rings is 1. The number of methoxy groups -OCH3 is 1. The molecule has 0 heterocycles. The molecule has 0 aromatic heterocycles. The zero-order chi connectivity index (χ0) is 9.84. The van der Waals surface area contributed by atoms with Crippen molar-refractivity contribution in [3.05, 3.63) is 29.3 Å². The van der Waals surface area contributed by atoms with E-state index in [-0.39, 0.29) is 5.78 Å². The lowest BCUT2D eigenvalue weighted by Crippen LogP contribution is -1.99. The molecule has 0 bridgehead atoms. The van der Waals surface area contributed by atoms with Crippen LogP contribution in [0.2, 0.25) is 0 Å². The monoisotopic (exact) mass is 178 g/mol. The van der Waals surface area contributed by atoms with E-state index < -0.39 is 0 Å². The van der Waals surface area contributed by atoms with Crippen LogP contribution in [0.4, 0.5) is 0 Å². The van der Waals surface area contributed by atoms with Crippen LogP contribution in [-0.2, 0) is 0 Å². The predicted octanol–water partition coefficient (Wildman–Crippen LogP) is 2.60. The summed E-state index contributed by atoms with van der Waals surface area (Å²) in [5, 5.41) is 0. The zero-order valence-electron chi connectivity index (χ0n) is 8.26. The van der Waals surface area contributed by atoms with E-state index in [0.29, 0.717) is 6.42 Å². The lowest BCUT2D eigenvalue weighted by atomic mass is 10.0. The fourth-order valence-electron chi connectivity index (χ4n) is 1.27. The van der Waals surface area contributed by atoms with Gasteiger partial charge in [-0.25, -0.2) is 0 Å². The normalized spacial score (nSPS) is 9.77. The molecule has 0 aliphatic carbocycles. The van der Waals surface area contributed by atoms with Gasteiger partial charge in [-0.2, -0.15) is 0 Å². The summed E-state index contributed by atoms with van der Waals surface area (Å²) in [6, 6.07) is 5.51. The van der Waals surface area contributed by atoms with E-state index in [1.807, 2.05) is 32.0 Å². The first-order valence-electron chi connectivity index (χ1n) is 4.37. The van der Waals surface area contributed by atoms with Gasteiger partial charge >= 0.3 is 0 Å². The Hall–Kier alpha value is -1.31. The molecule has 0 aliphatic rings. The Morgan fingerprint density at radius 3 is 2.62 bits per heavy atom. The topological polar surface area (TPSA) is 26.3 Å². The SMILES string of the molecule is CCC(=O)c1ccc(OC)cc1C. The van der Waals surface area contributed by atoms with E-state index >= 15 is 0 Å². The first-order chi connectivity index (χ1) is 6.19. The molecule has 0 atom stereocenters. The smallest absolute Gasteiger partial charge is 0.162 e. The lowest BCUT2D eigenvalue weighted by Gasteiger charge is -2.05. The summed E-state index contributed by atoms with van der Waals surface area (Å²) in [6.07, 6.45) is 0.549. The van der Waals surface area contributed by atoms with Gasteiger partial charge in [0.2, 0.25) is 0 Å². The summed E-state index contributed by atoms with van der Waals surface area (Å²) < 4.78 is 5.05. The Bertz CT molecular complexity index is 316. The first-order valence-corrected chi connectivity index (χ1v) is 4.37. The van der Waals surface area contributed by atoms with Gasteiger partial charge in [-0.15, -0.1) is 0 Å². The Kier molecular flexibility index (Phi) is 3.07.